The maximum Gasteiger partial charge on any atom is 0.180 e. The summed E-state index contributed by atoms with van der Waals surface area (Å²) in [5.74, 6) is 5.17. The predicted molar refractivity (Wildman–Crippen MR) is 63.7 cm³/mol. The SMILES string of the molecule is C=CC(=O)C1(C(=O)C=C)C#CCCCCC1. The molecule has 0 atom stereocenters. The molecule has 0 spiro atoms. The Morgan fingerprint density at radius 1 is 1.06 bits per heavy atom. The topological polar surface area (TPSA) is 34.1 Å². The number of rotatable bonds is 4. The number of hydrogen-bond donors (Lipinski definition) is 0. The van der Waals surface area contributed by atoms with Crippen molar-refractivity contribution in [1.29, 1.82) is 0 Å². The smallest absolute Gasteiger partial charge is 0.180 e. The highest BCUT2D eigenvalue weighted by molar-refractivity contribution is 6.17. The van der Waals surface area contributed by atoms with Crippen LogP contribution < -0.4 is 0 Å². The van der Waals surface area contributed by atoms with Crippen LogP contribution in [0.1, 0.15) is 32.1 Å². The van der Waals surface area contributed by atoms with Crippen molar-refractivity contribution in [3.05, 3.63) is 25.3 Å². The molecule has 0 aromatic rings. The van der Waals surface area contributed by atoms with Crippen LogP contribution in [0.2, 0.25) is 0 Å². The van der Waals surface area contributed by atoms with Crippen LogP contribution in [0, 0.1) is 17.3 Å². The van der Waals surface area contributed by atoms with E-state index >= 15 is 0 Å². The Kier molecular flexibility index (Phi) is 4.25. The summed E-state index contributed by atoms with van der Waals surface area (Å²) < 4.78 is 0. The standard InChI is InChI=1S/C14H16O2/c1-3-12(15)14(13(16)4-2)10-8-6-5-7-9-11-14/h3-4H,1-2,5-8,10H2. The van der Waals surface area contributed by atoms with Gasteiger partial charge in [-0.2, -0.15) is 0 Å². The van der Waals surface area contributed by atoms with E-state index in [0.717, 1.165) is 25.7 Å². The molecule has 0 fully saturated rings. The second-order valence-electron chi connectivity index (χ2n) is 3.90. The summed E-state index contributed by atoms with van der Waals surface area (Å²) in [6, 6.07) is 0. The van der Waals surface area contributed by atoms with Gasteiger partial charge >= 0.3 is 0 Å². The van der Waals surface area contributed by atoms with Crippen LogP contribution in [0.4, 0.5) is 0 Å². The van der Waals surface area contributed by atoms with Crippen LogP contribution in [0.15, 0.2) is 25.3 Å². The fourth-order valence-corrected chi connectivity index (χ4v) is 1.90. The Bertz CT molecular complexity index is 359. The van der Waals surface area contributed by atoms with E-state index in [9.17, 15) is 9.59 Å². The van der Waals surface area contributed by atoms with Crippen LogP contribution in [-0.4, -0.2) is 11.6 Å². The van der Waals surface area contributed by atoms with E-state index in [2.05, 4.69) is 25.0 Å². The Hall–Kier alpha value is -1.62. The van der Waals surface area contributed by atoms with Gasteiger partial charge in [0.2, 0.25) is 0 Å². The lowest BCUT2D eigenvalue weighted by atomic mass is 9.74. The molecule has 0 aromatic carbocycles. The van der Waals surface area contributed by atoms with Gasteiger partial charge in [-0.3, -0.25) is 9.59 Å². The van der Waals surface area contributed by atoms with Crippen molar-refractivity contribution in [3.63, 3.8) is 0 Å². The van der Waals surface area contributed by atoms with E-state index in [1.54, 1.807) is 0 Å². The molecule has 2 heteroatoms. The third kappa shape index (κ3) is 2.30. The third-order valence-corrected chi connectivity index (χ3v) is 2.87. The molecule has 0 aromatic heterocycles. The van der Waals surface area contributed by atoms with Crippen molar-refractivity contribution in [3.8, 4) is 11.8 Å². The van der Waals surface area contributed by atoms with Gasteiger partial charge in [0.05, 0.1) is 0 Å². The van der Waals surface area contributed by atoms with E-state index in [-0.39, 0.29) is 11.6 Å². The molecule has 1 aliphatic carbocycles. The van der Waals surface area contributed by atoms with Crippen LogP contribution in [0.3, 0.4) is 0 Å². The number of carbonyl (C=O) groups is 2. The average molecular weight is 216 g/mol. The van der Waals surface area contributed by atoms with Crippen LogP contribution in [-0.2, 0) is 9.59 Å². The van der Waals surface area contributed by atoms with E-state index < -0.39 is 5.41 Å². The molecule has 0 aliphatic heterocycles. The Morgan fingerprint density at radius 2 is 1.69 bits per heavy atom. The predicted octanol–water partition coefficient (Wildman–Crippen LogP) is 2.45. The zero-order valence-electron chi connectivity index (χ0n) is 9.42. The maximum atomic E-state index is 11.9. The highest BCUT2D eigenvalue weighted by atomic mass is 16.2. The van der Waals surface area contributed by atoms with Gasteiger partial charge in [0.1, 0.15) is 0 Å². The van der Waals surface area contributed by atoms with Gasteiger partial charge in [0, 0.05) is 6.42 Å². The second-order valence-corrected chi connectivity index (χ2v) is 3.90. The van der Waals surface area contributed by atoms with Gasteiger partial charge in [-0.15, -0.1) is 5.92 Å². The lowest BCUT2D eigenvalue weighted by molar-refractivity contribution is -0.132. The molecular weight excluding hydrogens is 200 g/mol. The Labute approximate surface area is 96.4 Å². The minimum atomic E-state index is -1.20. The van der Waals surface area contributed by atoms with Gasteiger partial charge in [-0.1, -0.05) is 31.9 Å². The minimum Gasteiger partial charge on any atom is -0.293 e. The van der Waals surface area contributed by atoms with Crippen molar-refractivity contribution < 1.29 is 9.59 Å². The molecule has 0 radical (unpaired) electrons. The third-order valence-electron chi connectivity index (χ3n) is 2.87. The normalized spacial score (nSPS) is 18.2. The quantitative estimate of drug-likeness (QED) is 0.411. The zero-order valence-corrected chi connectivity index (χ0v) is 9.42. The molecule has 0 unspecified atom stereocenters. The van der Waals surface area contributed by atoms with E-state index in [0.29, 0.717) is 6.42 Å². The molecule has 1 aliphatic rings. The molecule has 0 saturated heterocycles. The van der Waals surface area contributed by atoms with Crippen LogP contribution >= 0.6 is 0 Å². The monoisotopic (exact) mass is 216 g/mol. The summed E-state index contributed by atoms with van der Waals surface area (Å²) in [7, 11) is 0. The largest absolute Gasteiger partial charge is 0.293 e. The molecule has 0 N–H and O–H groups in total. The maximum absolute atomic E-state index is 11.9. The number of hydrogen-bond acceptors (Lipinski definition) is 2. The van der Waals surface area contributed by atoms with Crippen molar-refractivity contribution in [1.82, 2.24) is 0 Å². The molecule has 2 nitrogen and oxygen atoms in total. The Morgan fingerprint density at radius 3 is 2.25 bits per heavy atom. The van der Waals surface area contributed by atoms with Gasteiger partial charge < -0.3 is 0 Å². The molecule has 16 heavy (non-hydrogen) atoms. The van der Waals surface area contributed by atoms with E-state index in [4.69, 9.17) is 0 Å². The van der Waals surface area contributed by atoms with Crippen molar-refractivity contribution in [2.45, 2.75) is 32.1 Å². The minimum absolute atomic E-state index is 0.299. The van der Waals surface area contributed by atoms with E-state index in [1.807, 2.05) is 0 Å². The first-order valence-electron chi connectivity index (χ1n) is 5.51. The highest BCUT2D eigenvalue weighted by Gasteiger charge is 2.40. The summed E-state index contributed by atoms with van der Waals surface area (Å²) in [5.41, 5.74) is -1.20. The molecular formula is C14H16O2. The fourth-order valence-electron chi connectivity index (χ4n) is 1.90. The molecule has 84 valence electrons. The molecule has 0 heterocycles. The zero-order chi connectivity index (χ0) is 12.0. The van der Waals surface area contributed by atoms with E-state index in [1.165, 1.54) is 12.2 Å². The van der Waals surface area contributed by atoms with Gasteiger partial charge in [-0.25, -0.2) is 0 Å². The molecule has 1 rings (SSSR count). The lowest BCUT2D eigenvalue weighted by Crippen LogP contribution is -2.36. The van der Waals surface area contributed by atoms with Crippen molar-refractivity contribution >= 4 is 11.6 Å². The summed E-state index contributed by atoms with van der Waals surface area (Å²) in [4.78, 5) is 23.7. The van der Waals surface area contributed by atoms with Gasteiger partial charge in [0.25, 0.3) is 0 Å². The van der Waals surface area contributed by atoms with Crippen molar-refractivity contribution in [2.75, 3.05) is 0 Å². The van der Waals surface area contributed by atoms with Gasteiger partial charge in [-0.05, 0) is 25.0 Å². The van der Waals surface area contributed by atoms with Crippen molar-refractivity contribution in [2.24, 2.45) is 5.41 Å². The summed E-state index contributed by atoms with van der Waals surface area (Å²) >= 11 is 0. The van der Waals surface area contributed by atoms with Crippen LogP contribution in [0.25, 0.3) is 0 Å². The van der Waals surface area contributed by atoms with Gasteiger partial charge in [0.15, 0.2) is 17.0 Å². The van der Waals surface area contributed by atoms with Crippen LogP contribution in [0.5, 0.6) is 0 Å². The highest BCUT2D eigenvalue weighted by Crippen LogP contribution is 2.29. The fraction of sp³-hybridized carbons (Fsp3) is 0.429. The lowest BCUT2D eigenvalue weighted by Gasteiger charge is -2.23. The first kappa shape index (κ1) is 12.4. The summed E-state index contributed by atoms with van der Waals surface area (Å²) in [5, 5.41) is 0. The summed E-state index contributed by atoms with van der Waals surface area (Å²) in [6.07, 6.45) is 6.49. The first-order chi connectivity index (χ1) is 7.67. The molecule has 0 bridgehead atoms. The Balaban J connectivity index is 3.18. The number of allylic oxidation sites excluding steroid dienone is 2. The molecule has 0 amide bonds. The average Bonchev–Trinajstić information content (AvgIpc) is 2.27. The second kappa shape index (κ2) is 5.46. The summed E-state index contributed by atoms with van der Waals surface area (Å²) in [6.45, 7) is 6.90. The molecule has 0 saturated carbocycles. The number of carbonyl (C=O) groups excluding carboxylic acids is 2. The number of ketones is 2. The first-order valence-corrected chi connectivity index (χ1v) is 5.51.